The van der Waals surface area contributed by atoms with Crippen molar-refractivity contribution in [1.82, 2.24) is 10.1 Å². The number of ether oxygens (including phenoxy) is 1. The summed E-state index contributed by atoms with van der Waals surface area (Å²) in [5.74, 6) is 1.57. The van der Waals surface area contributed by atoms with Crippen molar-refractivity contribution < 1.29 is 14.2 Å². The van der Waals surface area contributed by atoms with E-state index in [1.165, 1.54) is 18.2 Å². The number of rotatable bonds is 6. The first-order valence-corrected chi connectivity index (χ1v) is 6.44. The molecule has 1 heterocycles. The van der Waals surface area contributed by atoms with Gasteiger partial charge in [0.2, 0.25) is 11.7 Å². The molecule has 8 nitrogen and oxygen atoms in total. The van der Waals surface area contributed by atoms with Crippen LogP contribution in [0.15, 0.2) is 22.7 Å². The summed E-state index contributed by atoms with van der Waals surface area (Å²) >= 11 is 0. The van der Waals surface area contributed by atoms with Crippen LogP contribution in [0.3, 0.4) is 0 Å². The number of hydrogen-bond donors (Lipinski definition) is 1. The van der Waals surface area contributed by atoms with Gasteiger partial charge in [0.15, 0.2) is 6.61 Å². The van der Waals surface area contributed by atoms with Gasteiger partial charge in [-0.25, -0.2) is 0 Å². The Bertz CT molecular complexity index is 639. The van der Waals surface area contributed by atoms with Crippen LogP contribution >= 0.6 is 0 Å². The lowest BCUT2D eigenvalue weighted by atomic mass is 10.2. The number of nitrogens with zero attached hydrogens (tertiary/aromatic N) is 3. The molecule has 0 spiro atoms. The second-order valence-corrected chi connectivity index (χ2v) is 4.75. The molecule has 8 heteroatoms. The molecule has 0 radical (unpaired) electrons. The highest BCUT2D eigenvalue weighted by molar-refractivity contribution is 5.43. The van der Waals surface area contributed by atoms with Crippen LogP contribution in [0.4, 0.5) is 5.69 Å². The van der Waals surface area contributed by atoms with Gasteiger partial charge in [-0.3, -0.25) is 10.1 Å². The molecule has 0 aliphatic carbocycles. The van der Waals surface area contributed by atoms with E-state index < -0.39 is 4.92 Å². The molecule has 0 aliphatic rings. The van der Waals surface area contributed by atoms with Crippen molar-refractivity contribution in [3.8, 4) is 5.75 Å². The van der Waals surface area contributed by atoms with Crippen molar-refractivity contribution in [2.45, 2.75) is 32.9 Å². The first-order chi connectivity index (χ1) is 10.0. The van der Waals surface area contributed by atoms with E-state index in [0.717, 1.165) is 0 Å². The molecular weight excluding hydrogens is 276 g/mol. The third-order valence-electron chi connectivity index (χ3n) is 2.81. The van der Waals surface area contributed by atoms with Gasteiger partial charge < -0.3 is 15.0 Å². The summed E-state index contributed by atoms with van der Waals surface area (Å²) in [7, 11) is 0. The van der Waals surface area contributed by atoms with Crippen LogP contribution in [0.2, 0.25) is 0 Å². The Hall–Kier alpha value is -2.48. The van der Waals surface area contributed by atoms with Crippen molar-refractivity contribution in [3.05, 3.63) is 45.6 Å². The second-order valence-electron chi connectivity index (χ2n) is 4.75. The Labute approximate surface area is 121 Å². The Morgan fingerprint density at radius 2 is 2.24 bits per heavy atom. The van der Waals surface area contributed by atoms with Gasteiger partial charge >= 0.3 is 0 Å². The molecule has 0 saturated heterocycles. The fraction of sp³-hybridized carbons (Fsp3) is 0.385. The maximum Gasteiger partial charge on any atom is 0.270 e. The molecule has 0 unspecified atom stereocenters. The van der Waals surface area contributed by atoms with Gasteiger partial charge in [0.1, 0.15) is 5.75 Å². The predicted molar refractivity (Wildman–Crippen MR) is 73.7 cm³/mol. The Kier molecular flexibility index (Phi) is 4.49. The Morgan fingerprint density at radius 1 is 1.48 bits per heavy atom. The molecule has 1 aromatic carbocycles. The van der Waals surface area contributed by atoms with Crippen LogP contribution < -0.4 is 10.5 Å². The Balaban J connectivity index is 2.10. The van der Waals surface area contributed by atoms with Gasteiger partial charge in [-0.1, -0.05) is 19.0 Å². The fourth-order valence-electron chi connectivity index (χ4n) is 1.68. The molecular formula is C13H16N4O4. The average Bonchev–Trinajstić information content (AvgIpc) is 2.93. The lowest BCUT2D eigenvalue weighted by Gasteiger charge is -2.08. The number of benzene rings is 1. The fourth-order valence-corrected chi connectivity index (χ4v) is 1.68. The quantitative estimate of drug-likeness (QED) is 0.640. The number of non-ortho nitro benzene ring substituents is 1. The third kappa shape index (κ3) is 3.54. The largest absolute Gasteiger partial charge is 0.485 e. The normalized spacial score (nSPS) is 10.9. The third-order valence-corrected chi connectivity index (χ3v) is 2.81. The highest BCUT2D eigenvalue weighted by Crippen LogP contribution is 2.24. The van der Waals surface area contributed by atoms with Crippen molar-refractivity contribution in [2.75, 3.05) is 0 Å². The summed E-state index contributed by atoms with van der Waals surface area (Å²) in [5, 5.41) is 14.5. The summed E-state index contributed by atoms with van der Waals surface area (Å²) in [5.41, 5.74) is 6.11. The zero-order chi connectivity index (χ0) is 15.4. The van der Waals surface area contributed by atoms with Crippen LogP contribution in [0.5, 0.6) is 5.75 Å². The molecule has 0 amide bonds. The topological polar surface area (TPSA) is 117 Å². The molecule has 2 aromatic rings. The zero-order valence-electron chi connectivity index (χ0n) is 11.8. The molecule has 0 fully saturated rings. The minimum Gasteiger partial charge on any atom is -0.485 e. The highest BCUT2D eigenvalue weighted by Gasteiger charge is 2.13. The smallest absolute Gasteiger partial charge is 0.270 e. The summed E-state index contributed by atoms with van der Waals surface area (Å²) < 4.78 is 10.6. The SMILES string of the molecule is CC(C)c1nc(COc2ccc([N+](=O)[O-])cc2CN)no1. The summed E-state index contributed by atoms with van der Waals surface area (Å²) in [6, 6.07) is 4.28. The first kappa shape index (κ1) is 14.9. The van der Waals surface area contributed by atoms with Gasteiger partial charge in [-0.05, 0) is 6.07 Å². The van der Waals surface area contributed by atoms with E-state index in [4.69, 9.17) is 15.0 Å². The second kappa shape index (κ2) is 6.31. The van der Waals surface area contributed by atoms with E-state index in [0.29, 0.717) is 23.0 Å². The number of hydrogen-bond acceptors (Lipinski definition) is 7. The molecule has 2 N–H and O–H groups in total. The summed E-state index contributed by atoms with van der Waals surface area (Å²) in [6.45, 7) is 4.14. The maximum atomic E-state index is 10.7. The number of nitro groups is 1. The molecule has 0 aliphatic heterocycles. The van der Waals surface area contributed by atoms with Crippen LogP contribution in [0.25, 0.3) is 0 Å². The van der Waals surface area contributed by atoms with Crippen molar-refractivity contribution in [2.24, 2.45) is 5.73 Å². The molecule has 112 valence electrons. The van der Waals surface area contributed by atoms with E-state index in [9.17, 15) is 10.1 Å². The monoisotopic (exact) mass is 292 g/mol. The molecule has 0 bridgehead atoms. The zero-order valence-corrected chi connectivity index (χ0v) is 11.8. The van der Waals surface area contributed by atoms with Gasteiger partial charge in [0.25, 0.3) is 5.69 Å². The van der Waals surface area contributed by atoms with E-state index in [1.54, 1.807) is 0 Å². The van der Waals surface area contributed by atoms with Crippen LogP contribution in [-0.4, -0.2) is 15.1 Å². The lowest BCUT2D eigenvalue weighted by molar-refractivity contribution is -0.384. The number of nitro benzene ring substituents is 1. The van der Waals surface area contributed by atoms with E-state index in [-0.39, 0.29) is 24.8 Å². The summed E-state index contributed by atoms with van der Waals surface area (Å²) in [4.78, 5) is 14.4. The van der Waals surface area contributed by atoms with Gasteiger partial charge in [-0.15, -0.1) is 0 Å². The van der Waals surface area contributed by atoms with Crippen LogP contribution in [-0.2, 0) is 13.2 Å². The predicted octanol–water partition coefficient (Wildman–Crippen LogP) is 2.14. The minimum absolute atomic E-state index is 0.0237. The van der Waals surface area contributed by atoms with Gasteiger partial charge in [-0.2, -0.15) is 4.98 Å². The van der Waals surface area contributed by atoms with Gasteiger partial charge in [0.05, 0.1) is 4.92 Å². The van der Waals surface area contributed by atoms with Crippen molar-refractivity contribution in [3.63, 3.8) is 0 Å². The number of aromatic nitrogens is 2. The molecule has 0 atom stereocenters. The lowest BCUT2D eigenvalue weighted by Crippen LogP contribution is -2.04. The van der Waals surface area contributed by atoms with Crippen LogP contribution in [0.1, 0.15) is 37.0 Å². The van der Waals surface area contributed by atoms with Gasteiger partial charge in [0, 0.05) is 30.2 Å². The molecule has 2 rings (SSSR count). The molecule has 21 heavy (non-hydrogen) atoms. The minimum atomic E-state index is -0.475. The van der Waals surface area contributed by atoms with E-state index in [2.05, 4.69) is 10.1 Å². The first-order valence-electron chi connectivity index (χ1n) is 6.44. The van der Waals surface area contributed by atoms with E-state index in [1.807, 2.05) is 13.8 Å². The Morgan fingerprint density at radius 3 is 2.81 bits per heavy atom. The van der Waals surface area contributed by atoms with Crippen molar-refractivity contribution in [1.29, 1.82) is 0 Å². The van der Waals surface area contributed by atoms with Crippen molar-refractivity contribution >= 4 is 5.69 Å². The van der Waals surface area contributed by atoms with E-state index >= 15 is 0 Å². The molecule has 1 aromatic heterocycles. The molecule has 0 saturated carbocycles. The maximum absolute atomic E-state index is 10.7. The van der Waals surface area contributed by atoms with Crippen LogP contribution in [0, 0.1) is 10.1 Å². The summed E-state index contributed by atoms with van der Waals surface area (Å²) in [6.07, 6.45) is 0. The standard InChI is InChI=1S/C13H16N4O4/c1-8(2)13-15-12(16-21-13)7-20-11-4-3-10(17(18)19)5-9(11)6-14/h3-5,8H,6-7,14H2,1-2H3. The average molecular weight is 292 g/mol. The number of nitrogens with two attached hydrogens (primary N) is 1. The highest BCUT2D eigenvalue weighted by atomic mass is 16.6.